The predicted octanol–water partition coefficient (Wildman–Crippen LogP) is 1.51. The fraction of sp³-hybridized carbons (Fsp3) is 0.429. The summed E-state index contributed by atoms with van der Waals surface area (Å²) in [6.45, 7) is 3.06. The molecule has 11 heteroatoms. The van der Waals surface area contributed by atoms with E-state index in [1.165, 1.54) is 17.4 Å². The molecule has 1 saturated heterocycles. The van der Waals surface area contributed by atoms with Gasteiger partial charge >= 0.3 is 5.97 Å². The molecule has 0 aliphatic carbocycles. The quantitative estimate of drug-likeness (QED) is 0.488. The molecule has 1 N–H and O–H groups in total. The zero-order chi connectivity index (χ0) is 23.5. The van der Waals surface area contributed by atoms with Crippen LogP contribution in [0, 0.1) is 12.8 Å². The highest BCUT2D eigenvalue weighted by Crippen LogP contribution is 2.24. The standard InChI is InChI=1S/C21H26N4O6S/c1-14-22-20(12-24(14)3)32(29,30)25-10-8-17(9-11-25)21(28)31-13-19(27)16-4-6-18(7-5-16)23-15(2)26/h4-7,12,17H,8-11,13H2,1-3H3,(H,23,26). The van der Waals surface area contributed by atoms with Gasteiger partial charge in [0.05, 0.1) is 5.92 Å². The van der Waals surface area contributed by atoms with Crippen molar-refractivity contribution in [2.24, 2.45) is 13.0 Å². The lowest BCUT2D eigenvalue weighted by Gasteiger charge is -2.29. The van der Waals surface area contributed by atoms with E-state index in [0.29, 0.717) is 29.9 Å². The number of amides is 1. The molecule has 3 rings (SSSR count). The molecule has 10 nitrogen and oxygen atoms in total. The van der Waals surface area contributed by atoms with Crippen LogP contribution in [0.4, 0.5) is 5.69 Å². The van der Waals surface area contributed by atoms with E-state index in [9.17, 15) is 22.8 Å². The van der Waals surface area contributed by atoms with Crippen LogP contribution in [-0.4, -0.2) is 59.6 Å². The summed E-state index contributed by atoms with van der Waals surface area (Å²) >= 11 is 0. The van der Waals surface area contributed by atoms with Crippen molar-refractivity contribution in [1.29, 1.82) is 0 Å². The van der Waals surface area contributed by atoms with Crippen LogP contribution in [0.5, 0.6) is 0 Å². The molecule has 0 spiro atoms. The number of nitrogens with one attached hydrogen (secondary N) is 1. The first kappa shape index (κ1) is 23.6. The highest BCUT2D eigenvalue weighted by molar-refractivity contribution is 7.89. The topological polar surface area (TPSA) is 128 Å². The molecule has 1 aliphatic heterocycles. The number of aromatic nitrogens is 2. The fourth-order valence-electron chi connectivity index (χ4n) is 3.40. The summed E-state index contributed by atoms with van der Waals surface area (Å²) in [7, 11) is -1.99. The molecule has 2 heterocycles. The van der Waals surface area contributed by atoms with Crippen molar-refractivity contribution in [3.63, 3.8) is 0 Å². The summed E-state index contributed by atoms with van der Waals surface area (Å²) < 4.78 is 33.6. The van der Waals surface area contributed by atoms with Crippen LogP contribution >= 0.6 is 0 Å². The van der Waals surface area contributed by atoms with Crippen LogP contribution in [-0.2, 0) is 31.4 Å². The van der Waals surface area contributed by atoms with E-state index in [0.717, 1.165) is 0 Å². The number of benzene rings is 1. The molecule has 1 aliphatic rings. The summed E-state index contributed by atoms with van der Waals surface area (Å²) in [4.78, 5) is 39.8. The van der Waals surface area contributed by atoms with Crippen LogP contribution in [0.25, 0.3) is 0 Å². The van der Waals surface area contributed by atoms with E-state index in [1.807, 2.05) is 0 Å². The normalized spacial score (nSPS) is 15.3. The average Bonchev–Trinajstić information content (AvgIpc) is 3.11. The van der Waals surface area contributed by atoms with Gasteiger partial charge in [-0.15, -0.1) is 0 Å². The number of esters is 1. The lowest BCUT2D eigenvalue weighted by molar-refractivity contribution is -0.148. The van der Waals surface area contributed by atoms with Gasteiger partial charge in [-0.3, -0.25) is 14.4 Å². The minimum Gasteiger partial charge on any atom is -0.457 e. The van der Waals surface area contributed by atoms with Gasteiger partial charge in [-0.25, -0.2) is 13.4 Å². The van der Waals surface area contributed by atoms with Crippen molar-refractivity contribution < 1.29 is 27.5 Å². The molecular formula is C21H26N4O6S. The molecule has 0 unspecified atom stereocenters. The van der Waals surface area contributed by atoms with Gasteiger partial charge in [-0.05, 0) is 44.0 Å². The zero-order valence-electron chi connectivity index (χ0n) is 18.2. The van der Waals surface area contributed by atoms with Crippen molar-refractivity contribution in [3.05, 3.63) is 41.9 Å². The maximum Gasteiger partial charge on any atom is 0.309 e. The Kier molecular flexibility index (Phi) is 7.09. The van der Waals surface area contributed by atoms with Crippen LogP contribution < -0.4 is 5.32 Å². The van der Waals surface area contributed by atoms with Gasteiger partial charge < -0.3 is 14.6 Å². The Labute approximate surface area is 186 Å². The third kappa shape index (κ3) is 5.40. The summed E-state index contributed by atoms with van der Waals surface area (Å²) in [6.07, 6.45) is 2.09. The Balaban J connectivity index is 1.50. The Morgan fingerprint density at radius 1 is 1.16 bits per heavy atom. The van der Waals surface area contributed by atoms with Crippen molar-refractivity contribution in [2.45, 2.75) is 31.7 Å². The predicted molar refractivity (Wildman–Crippen MR) is 115 cm³/mol. The number of hydrogen-bond acceptors (Lipinski definition) is 7. The monoisotopic (exact) mass is 462 g/mol. The molecular weight excluding hydrogens is 436 g/mol. The molecule has 1 fully saturated rings. The van der Waals surface area contributed by atoms with Crippen molar-refractivity contribution >= 4 is 33.4 Å². The van der Waals surface area contributed by atoms with Gasteiger partial charge in [0, 0.05) is 44.5 Å². The molecule has 172 valence electrons. The molecule has 1 aromatic heterocycles. The number of Topliss-reactive ketones (excluding diaryl/α,β-unsaturated/α-hetero) is 1. The maximum atomic E-state index is 12.8. The second-order valence-corrected chi connectivity index (χ2v) is 9.59. The Bertz CT molecular complexity index is 1100. The molecule has 0 saturated carbocycles. The number of piperidine rings is 1. The van der Waals surface area contributed by atoms with E-state index < -0.39 is 28.5 Å². The Morgan fingerprint density at radius 2 is 1.78 bits per heavy atom. The summed E-state index contributed by atoms with van der Waals surface area (Å²) in [5.74, 6) is -0.970. The van der Waals surface area contributed by atoms with E-state index in [1.54, 1.807) is 42.8 Å². The van der Waals surface area contributed by atoms with Crippen LogP contribution in [0.2, 0.25) is 0 Å². The van der Waals surface area contributed by atoms with Crippen molar-refractivity contribution in [1.82, 2.24) is 13.9 Å². The molecule has 1 amide bonds. The summed E-state index contributed by atoms with van der Waals surface area (Å²) in [5, 5.41) is 2.60. The van der Waals surface area contributed by atoms with Gasteiger partial charge in [0.15, 0.2) is 17.4 Å². The number of imidazole rings is 1. The van der Waals surface area contributed by atoms with Crippen LogP contribution in [0.3, 0.4) is 0 Å². The lowest BCUT2D eigenvalue weighted by atomic mass is 9.98. The first-order valence-electron chi connectivity index (χ1n) is 10.2. The first-order chi connectivity index (χ1) is 15.1. The molecule has 0 radical (unpaired) electrons. The number of anilines is 1. The number of carbonyl (C=O) groups excluding carboxylic acids is 3. The fourth-order valence-corrected chi connectivity index (χ4v) is 4.89. The minimum absolute atomic E-state index is 0.00588. The van der Waals surface area contributed by atoms with Crippen molar-refractivity contribution in [2.75, 3.05) is 25.0 Å². The van der Waals surface area contributed by atoms with E-state index in [-0.39, 0.29) is 29.8 Å². The minimum atomic E-state index is -3.72. The number of ether oxygens (including phenoxy) is 1. The highest BCUT2D eigenvalue weighted by Gasteiger charge is 2.34. The number of sulfonamides is 1. The Hall–Kier alpha value is -3.05. The highest BCUT2D eigenvalue weighted by atomic mass is 32.2. The zero-order valence-corrected chi connectivity index (χ0v) is 19.0. The molecule has 2 aromatic rings. The van der Waals surface area contributed by atoms with Gasteiger partial charge in [-0.2, -0.15) is 4.31 Å². The molecule has 32 heavy (non-hydrogen) atoms. The molecule has 0 atom stereocenters. The number of hydrogen-bond donors (Lipinski definition) is 1. The van der Waals surface area contributed by atoms with Crippen LogP contribution in [0.1, 0.15) is 35.9 Å². The SMILES string of the molecule is CC(=O)Nc1ccc(C(=O)COC(=O)C2CCN(S(=O)(=O)c3cn(C)c(C)n3)CC2)cc1. The Morgan fingerprint density at radius 3 is 2.31 bits per heavy atom. The molecule has 0 bridgehead atoms. The van der Waals surface area contributed by atoms with E-state index in [4.69, 9.17) is 4.74 Å². The van der Waals surface area contributed by atoms with Gasteiger partial charge in [0.2, 0.25) is 5.91 Å². The number of nitrogens with zero attached hydrogens (tertiary/aromatic N) is 3. The number of ketones is 1. The van der Waals surface area contributed by atoms with E-state index in [2.05, 4.69) is 10.3 Å². The van der Waals surface area contributed by atoms with Gasteiger partial charge in [0.25, 0.3) is 10.0 Å². The smallest absolute Gasteiger partial charge is 0.309 e. The number of aryl methyl sites for hydroxylation is 2. The van der Waals surface area contributed by atoms with Gasteiger partial charge in [0.1, 0.15) is 5.82 Å². The first-order valence-corrected chi connectivity index (χ1v) is 11.6. The third-order valence-corrected chi connectivity index (χ3v) is 7.12. The largest absolute Gasteiger partial charge is 0.457 e. The third-order valence-electron chi connectivity index (χ3n) is 5.35. The number of carbonyl (C=O) groups is 3. The second kappa shape index (κ2) is 9.61. The van der Waals surface area contributed by atoms with E-state index >= 15 is 0 Å². The second-order valence-electron chi connectivity index (χ2n) is 7.71. The van der Waals surface area contributed by atoms with Crippen molar-refractivity contribution in [3.8, 4) is 0 Å². The number of rotatable bonds is 7. The average molecular weight is 463 g/mol. The maximum absolute atomic E-state index is 12.8. The van der Waals surface area contributed by atoms with Crippen LogP contribution in [0.15, 0.2) is 35.5 Å². The molecule has 1 aromatic carbocycles. The lowest BCUT2D eigenvalue weighted by Crippen LogP contribution is -2.41. The summed E-state index contributed by atoms with van der Waals surface area (Å²) in [6, 6.07) is 6.28. The summed E-state index contributed by atoms with van der Waals surface area (Å²) in [5.41, 5.74) is 0.923. The van der Waals surface area contributed by atoms with Gasteiger partial charge in [-0.1, -0.05) is 0 Å².